The second-order valence-corrected chi connectivity index (χ2v) is 4.53. The highest BCUT2D eigenvalue weighted by atomic mass is 32.2. The fourth-order valence-corrected chi connectivity index (χ4v) is 1.96. The van der Waals surface area contributed by atoms with Gasteiger partial charge in [-0.3, -0.25) is 4.79 Å². The van der Waals surface area contributed by atoms with Gasteiger partial charge in [0.2, 0.25) is 0 Å². The Morgan fingerprint density at radius 2 is 2.33 bits per heavy atom. The largest absolute Gasteiger partial charge is 0.383 e. The summed E-state index contributed by atoms with van der Waals surface area (Å²) in [6.07, 6.45) is 2.75. The van der Waals surface area contributed by atoms with Crippen molar-refractivity contribution >= 4 is 23.4 Å². The third kappa shape index (κ3) is 3.55. The molecule has 0 aliphatic carbocycles. The van der Waals surface area contributed by atoms with E-state index < -0.39 is 0 Å². The number of hydrogen-bond acceptors (Lipinski definition) is 4. The summed E-state index contributed by atoms with van der Waals surface area (Å²) in [5.74, 6) is 1.90. The predicted octanol–water partition coefficient (Wildman–Crippen LogP) is 2.30. The molecule has 3 nitrogen and oxygen atoms in total. The number of hydrogen-bond donors (Lipinski definition) is 1. The van der Waals surface area contributed by atoms with Crippen LogP contribution in [0.1, 0.15) is 29.3 Å². The Kier molecular flexibility index (Phi) is 4.62. The van der Waals surface area contributed by atoms with E-state index in [1.165, 1.54) is 0 Å². The first-order chi connectivity index (χ1) is 7.15. The molecule has 0 bridgehead atoms. The Hall–Kier alpha value is -1.03. The lowest BCUT2D eigenvalue weighted by atomic mass is 10.1. The molecule has 82 valence electrons. The van der Waals surface area contributed by atoms with E-state index in [1.54, 1.807) is 24.0 Å². The van der Waals surface area contributed by atoms with Gasteiger partial charge in [0.25, 0.3) is 0 Å². The van der Waals surface area contributed by atoms with Crippen molar-refractivity contribution in [3.63, 3.8) is 0 Å². The van der Waals surface area contributed by atoms with Crippen LogP contribution in [0.15, 0.2) is 12.3 Å². The molecule has 0 saturated heterocycles. The number of aromatic nitrogens is 1. The number of Topliss-reactive ketones (excluding diaryl/α,β-unsaturated/α-hetero) is 1. The molecule has 1 heterocycles. The molecule has 4 heteroatoms. The second kappa shape index (κ2) is 5.75. The summed E-state index contributed by atoms with van der Waals surface area (Å²) in [4.78, 5) is 15.7. The number of nitrogen functional groups attached to an aromatic ring is 1. The molecule has 0 fully saturated rings. The van der Waals surface area contributed by atoms with Crippen molar-refractivity contribution in [3.8, 4) is 0 Å². The number of rotatable bonds is 5. The van der Waals surface area contributed by atoms with Gasteiger partial charge in [0.1, 0.15) is 5.82 Å². The molecular formula is C11H16N2OS. The van der Waals surface area contributed by atoms with Crippen molar-refractivity contribution in [1.82, 2.24) is 4.98 Å². The Morgan fingerprint density at radius 1 is 1.60 bits per heavy atom. The summed E-state index contributed by atoms with van der Waals surface area (Å²) >= 11 is 1.64. The summed E-state index contributed by atoms with van der Waals surface area (Å²) in [7, 11) is 0. The first-order valence-corrected chi connectivity index (χ1v) is 6.13. The highest BCUT2D eigenvalue weighted by Gasteiger charge is 2.10. The van der Waals surface area contributed by atoms with Crippen LogP contribution < -0.4 is 5.73 Å². The predicted molar refractivity (Wildman–Crippen MR) is 65.3 cm³/mol. The summed E-state index contributed by atoms with van der Waals surface area (Å²) < 4.78 is 0. The lowest BCUT2D eigenvalue weighted by Gasteiger charge is -2.04. The minimum Gasteiger partial charge on any atom is -0.383 e. The molecule has 0 aromatic carbocycles. The fourth-order valence-electron chi connectivity index (χ4n) is 1.19. The molecule has 0 spiro atoms. The molecule has 1 rings (SSSR count). The number of aryl methyl sites for hydroxylation is 1. The second-order valence-electron chi connectivity index (χ2n) is 3.42. The number of ketones is 1. The zero-order chi connectivity index (χ0) is 11.3. The lowest BCUT2D eigenvalue weighted by Crippen LogP contribution is -2.08. The third-order valence-electron chi connectivity index (χ3n) is 1.94. The van der Waals surface area contributed by atoms with E-state index in [-0.39, 0.29) is 5.78 Å². The summed E-state index contributed by atoms with van der Waals surface area (Å²) in [5.41, 5.74) is 7.17. The van der Waals surface area contributed by atoms with Crippen molar-refractivity contribution in [2.45, 2.75) is 20.3 Å². The number of anilines is 1. The molecule has 0 aliphatic rings. The lowest BCUT2D eigenvalue weighted by molar-refractivity contribution is 0.102. The Balaban J connectivity index is 2.68. The number of nitrogens with zero attached hydrogens (tertiary/aromatic N) is 1. The molecule has 15 heavy (non-hydrogen) atoms. The normalized spacial score (nSPS) is 10.3. The van der Waals surface area contributed by atoms with Crippen molar-refractivity contribution in [2.75, 3.05) is 17.2 Å². The van der Waals surface area contributed by atoms with E-state index in [0.717, 1.165) is 17.7 Å². The maximum Gasteiger partial charge on any atom is 0.176 e. The van der Waals surface area contributed by atoms with E-state index in [2.05, 4.69) is 11.9 Å². The van der Waals surface area contributed by atoms with Crippen molar-refractivity contribution in [3.05, 3.63) is 23.4 Å². The van der Waals surface area contributed by atoms with E-state index in [9.17, 15) is 4.79 Å². The highest BCUT2D eigenvalue weighted by Crippen LogP contribution is 2.14. The van der Waals surface area contributed by atoms with Gasteiger partial charge < -0.3 is 5.73 Å². The van der Waals surface area contributed by atoms with Gasteiger partial charge in [0.15, 0.2) is 5.78 Å². The van der Waals surface area contributed by atoms with Gasteiger partial charge in [0.05, 0.1) is 11.3 Å². The Bertz CT molecular complexity index is 352. The maximum absolute atomic E-state index is 11.8. The van der Waals surface area contributed by atoms with Crippen LogP contribution in [-0.4, -0.2) is 22.3 Å². The smallest absolute Gasteiger partial charge is 0.176 e. The van der Waals surface area contributed by atoms with E-state index in [0.29, 0.717) is 17.1 Å². The van der Waals surface area contributed by atoms with Gasteiger partial charge in [-0.05, 0) is 30.7 Å². The standard InChI is InChI=1S/C11H16N2OS/c1-3-4-15-7-10(14)9-5-8(2)6-13-11(9)12/h5-6H,3-4,7H2,1-2H3,(H2,12,13). The van der Waals surface area contributed by atoms with Crippen molar-refractivity contribution < 1.29 is 4.79 Å². The van der Waals surface area contributed by atoms with Gasteiger partial charge in [-0.15, -0.1) is 0 Å². The Labute approximate surface area is 94.5 Å². The number of thioether (sulfide) groups is 1. The summed E-state index contributed by atoms with van der Waals surface area (Å²) in [6.45, 7) is 4.00. The first kappa shape index (κ1) is 12.0. The molecule has 0 radical (unpaired) electrons. The SMILES string of the molecule is CCCSCC(=O)c1cc(C)cnc1N. The fraction of sp³-hybridized carbons (Fsp3) is 0.455. The van der Waals surface area contributed by atoms with E-state index >= 15 is 0 Å². The van der Waals surface area contributed by atoms with Crippen LogP contribution in [0.25, 0.3) is 0 Å². The van der Waals surface area contributed by atoms with Crippen LogP contribution in [0.4, 0.5) is 5.82 Å². The molecular weight excluding hydrogens is 208 g/mol. The van der Waals surface area contributed by atoms with Crippen LogP contribution >= 0.6 is 11.8 Å². The topological polar surface area (TPSA) is 56.0 Å². The molecule has 1 aromatic rings. The minimum absolute atomic E-state index is 0.0714. The van der Waals surface area contributed by atoms with Gasteiger partial charge in [-0.1, -0.05) is 6.92 Å². The van der Waals surface area contributed by atoms with Crippen LogP contribution in [-0.2, 0) is 0 Å². The molecule has 0 aliphatic heterocycles. The zero-order valence-corrected chi connectivity index (χ0v) is 9.93. The van der Waals surface area contributed by atoms with Gasteiger partial charge in [-0.25, -0.2) is 4.98 Å². The molecule has 0 unspecified atom stereocenters. The van der Waals surface area contributed by atoms with Crippen LogP contribution in [0, 0.1) is 6.92 Å². The zero-order valence-electron chi connectivity index (χ0n) is 9.12. The van der Waals surface area contributed by atoms with Crippen LogP contribution in [0.2, 0.25) is 0 Å². The van der Waals surface area contributed by atoms with Crippen molar-refractivity contribution in [2.24, 2.45) is 0 Å². The summed E-state index contributed by atoms with van der Waals surface area (Å²) in [5, 5.41) is 0. The van der Waals surface area contributed by atoms with Gasteiger partial charge >= 0.3 is 0 Å². The van der Waals surface area contributed by atoms with E-state index in [1.807, 2.05) is 6.92 Å². The van der Waals surface area contributed by atoms with Gasteiger partial charge in [-0.2, -0.15) is 11.8 Å². The van der Waals surface area contributed by atoms with Crippen LogP contribution in [0.3, 0.4) is 0 Å². The monoisotopic (exact) mass is 224 g/mol. The number of carbonyl (C=O) groups is 1. The van der Waals surface area contributed by atoms with E-state index in [4.69, 9.17) is 5.73 Å². The Morgan fingerprint density at radius 3 is 3.00 bits per heavy atom. The molecule has 0 saturated carbocycles. The average molecular weight is 224 g/mol. The number of nitrogens with two attached hydrogens (primary N) is 1. The third-order valence-corrected chi connectivity index (χ3v) is 3.10. The minimum atomic E-state index is 0.0714. The highest BCUT2D eigenvalue weighted by molar-refractivity contribution is 7.99. The first-order valence-electron chi connectivity index (χ1n) is 4.98. The molecule has 1 aromatic heterocycles. The van der Waals surface area contributed by atoms with Gasteiger partial charge in [0, 0.05) is 6.20 Å². The maximum atomic E-state index is 11.8. The number of pyridine rings is 1. The average Bonchev–Trinajstić information content (AvgIpc) is 2.22. The molecule has 0 atom stereocenters. The number of carbonyl (C=O) groups excluding carboxylic acids is 1. The quantitative estimate of drug-likeness (QED) is 0.616. The molecule has 0 amide bonds. The summed E-state index contributed by atoms with van der Waals surface area (Å²) in [6, 6.07) is 1.80. The van der Waals surface area contributed by atoms with Crippen LogP contribution in [0.5, 0.6) is 0 Å². The van der Waals surface area contributed by atoms with Crippen molar-refractivity contribution in [1.29, 1.82) is 0 Å². The molecule has 2 N–H and O–H groups in total.